The monoisotopic (exact) mass is 144 g/mol. The topological polar surface area (TPSA) is 0 Å². The molecule has 9 heavy (non-hydrogen) atoms. The predicted molar refractivity (Wildman–Crippen MR) is 38.4 cm³/mol. The van der Waals surface area contributed by atoms with Crippen LogP contribution in [0.25, 0.3) is 0 Å². The zero-order chi connectivity index (χ0) is 6.85. The molecule has 0 N–H and O–H groups in total. The predicted octanol–water partition coefficient (Wildman–Crippen LogP) is 3.01. The number of hydrogen-bond donors (Lipinski definition) is 0. The van der Waals surface area contributed by atoms with Crippen molar-refractivity contribution in [2.75, 3.05) is 0 Å². The minimum atomic E-state index is -0.108. The second-order valence-electron chi connectivity index (χ2n) is 2.32. The van der Waals surface area contributed by atoms with Crippen molar-refractivity contribution in [1.82, 2.24) is 0 Å². The molecule has 0 unspecified atom stereocenters. The molecular formula is C7H9FS. The van der Waals surface area contributed by atoms with Gasteiger partial charge in [0.2, 0.25) is 0 Å². The van der Waals surface area contributed by atoms with Gasteiger partial charge in [-0.1, -0.05) is 13.8 Å². The maximum atomic E-state index is 12.3. The lowest BCUT2D eigenvalue weighted by Gasteiger charge is -1.95. The van der Waals surface area contributed by atoms with Gasteiger partial charge in [0.15, 0.2) is 0 Å². The van der Waals surface area contributed by atoms with E-state index in [2.05, 4.69) is 13.8 Å². The molecule has 1 aromatic rings. The van der Waals surface area contributed by atoms with Gasteiger partial charge in [-0.2, -0.15) is 0 Å². The van der Waals surface area contributed by atoms with E-state index in [1.807, 2.05) is 0 Å². The van der Waals surface area contributed by atoms with E-state index in [9.17, 15) is 4.39 Å². The van der Waals surface area contributed by atoms with Crippen molar-refractivity contribution in [3.63, 3.8) is 0 Å². The number of rotatable bonds is 1. The second-order valence-corrected chi connectivity index (χ2v) is 3.26. The van der Waals surface area contributed by atoms with Crippen molar-refractivity contribution in [1.29, 1.82) is 0 Å². The first kappa shape index (κ1) is 6.75. The summed E-state index contributed by atoms with van der Waals surface area (Å²) in [5.74, 6) is 0.350. The third-order valence-electron chi connectivity index (χ3n) is 1.16. The molecule has 0 aliphatic carbocycles. The third kappa shape index (κ3) is 1.52. The summed E-state index contributed by atoms with van der Waals surface area (Å²) in [6, 6.07) is 1.59. The first-order valence-corrected chi connectivity index (χ1v) is 3.82. The number of thiophene rings is 1. The molecule has 0 atom stereocenters. The van der Waals surface area contributed by atoms with E-state index in [4.69, 9.17) is 0 Å². The SMILES string of the molecule is CC(C)c1cc(F)cs1. The van der Waals surface area contributed by atoms with Crippen LogP contribution in [-0.2, 0) is 0 Å². The van der Waals surface area contributed by atoms with Crippen molar-refractivity contribution in [2.24, 2.45) is 0 Å². The molecule has 50 valence electrons. The molecule has 0 saturated heterocycles. The van der Waals surface area contributed by atoms with E-state index in [0.29, 0.717) is 5.92 Å². The molecule has 0 bridgehead atoms. The van der Waals surface area contributed by atoms with E-state index in [1.54, 1.807) is 6.07 Å². The van der Waals surface area contributed by atoms with Gasteiger partial charge in [-0.25, -0.2) is 4.39 Å². The molecule has 1 rings (SSSR count). The Balaban J connectivity index is 2.85. The van der Waals surface area contributed by atoms with Crippen LogP contribution in [0.1, 0.15) is 24.6 Å². The summed E-state index contributed by atoms with van der Waals surface area (Å²) in [5, 5.41) is 1.54. The highest BCUT2D eigenvalue weighted by Crippen LogP contribution is 2.21. The van der Waals surface area contributed by atoms with Crippen molar-refractivity contribution in [2.45, 2.75) is 19.8 Å². The van der Waals surface area contributed by atoms with Gasteiger partial charge >= 0.3 is 0 Å². The summed E-state index contributed by atoms with van der Waals surface area (Å²) in [6.07, 6.45) is 0. The first-order chi connectivity index (χ1) is 4.20. The fourth-order valence-corrected chi connectivity index (χ4v) is 1.40. The summed E-state index contributed by atoms with van der Waals surface area (Å²) >= 11 is 1.48. The number of halogens is 1. The van der Waals surface area contributed by atoms with E-state index < -0.39 is 0 Å². The minimum absolute atomic E-state index is 0.108. The fourth-order valence-electron chi connectivity index (χ4n) is 0.631. The zero-order valence-corrected chi connectivity index (χ0v) is 6.33. The Morgan fingerprint density at radius 3 is 2.44 bits per heavy atom. The summed E-state index contributed by atoms with van der Waals surface area (Å²) in [4.78, 5) is 1.12. The van der Waals surface area contributed by atoms with E-state index in [0.717, 1.165) is 4.88 Å². The van der Waals surface area contributed by atoms with Gasteiger partial charge < -0.3 is 0 Å². The van der Waals surface area contributed by atoms with E-state index in [1.165, 1.54) is 16.7 Å². The average molecular weight is 144 g/mol. The maximum Gasteiger partial charge on any atom is 0.134 e. The Morgan fingerprint density at radius 2 is 2.22 bits per heavy atom. The molecule has 0 amide bonds. The molecule has 0 nitrogen and oxygen atoms in total. The Kier molecular flexibility index (Phi) is 1.86. The first-order valence-electron chi connectivity index (χ1n) is 2.94. The largest absolute Gasteiger partial charge is 0.206 e. The Bertz CT molecular complexity index is 191. The summed E-state index contributed by atoms with van der Waals surface area (Å²) < 4.78 is 12.3. The molecule has 0 radical (unpaired) electrons. The van der Waals surface area contributed by atoms with Gasteiger partial charge in [0.25, 0.3) is 0 Å². The maximum absolute atomic E-state index is 12.3. The molecule has 0 fully saturated rings. The molecule has 2 heteroatoms. The normalized spacial score (nSPS) is 10.7. The highest BCUT2D eigenvalue weighted by atomic mass is 32.1. The molecule has 0 aromatic carbocycles. The molecule has 0 aliphatic rings. The molecular weight excluding hydrogens is 135 g/mol. The van der Waals surface area contributed by atoms with Crippen LogP contribution in [0.2, 0.25) is 0 Å². The Labute approximate surface area is 58.3 Å². The summed E-state index contributed by atoms with van der Waals surface area (Å²) in [6.45, 7) is 4.12. The smallest absolute Gasteiger partial charge is 0.134 e. The van der Waals surface area contributed by atoms with Crippen molar-refractivity contribution < 1.29 is 4.39 Å². The van der Waals surface area contributed by atoms with Gasteiger partial charge in [0.1, 0.15) is 5.82 Å². The fraction of sp³-hybridized carbons (Fsp3) is 0.429. The molecule has 0 saturated carbocycles. The van der Waals surface area contributed by atoms with E-state index in [-0.39, 0.29) is 5.82 Å². The van der Waals surface area contributed by atoms with Crippen LogP contribution in [0.5, 0.6) is 0 Å². The van der Waals surface area contributed by atoms with Crippen molar-refractivity contribution in [3.8, 4) is 0 Å². The zero-order valence-electron chi connectivity index (χ0n) is 5.52. The lowest BCUT2D eigenvalue weighted by atomic mass is 10.2. The molecule has 0 aliphatic heterocycles. The van der Waals surface area contributed by atoms with Crippen LogP contribution in [0.15, 0.2) is 11.4 Å². The van der Waals surface area contributed by atoms with E-state index >= 15 is 0 Å². The average Bonchev–Trinajstić information content (AvgIpc) is 2.14. The van der Waals surface area contributed by atoms with Gasteiger partial charge in [-0.3, -0.25) is 0 Å². The van der Waals surface area contributed by atoms with Crippen LogP contribution in [0, 0.1) is 5.82 Å². The van der Waals surface area contributed by atoms with Crippen LogP contribution < -0.4 is 0 Å². The molecule has 0 spiro atoms. The van der Waals surface area contributed by atoms with Crippen LogP contribution in [0.3, 0.4) is 0 Å². The quantitative estimate of drug-likeness (QED) is 0.568. The van der Waals surface area contributed by atoms with Crippen LogP contribution in [-0.4, -0.2) is 0 Å². The van der Waals surface area contributed by atoms with Gasteiger partial charge in [0, 0.05) is 10.3 Å². The van der Waals surface area contributed by atoms with Gasteiger partial charge in [-0.05, 0) is 12.0 Å². The highest BCUT2D eigenvalue weighted by molar-refractivity contribution is 7.10. The number of hydrogen-bond acceptors (Lipinski definition) is 1. The standard InChI is InChI=1S/C7H9FS/c1-5(2)7-3-6(8)4-9-7/h3-5H,1-2H3. The van der Waals surface area contributed by atoms with Crippen LogP contribution in [0.4, 0.5) is 4.39 Å². The third-order valence-corrected chi connectivity index (χ3v) is 2.36. The van der Waals surface area contributed by atoms with Crippen molar-refractivity contribution in [3.05, 3.63) is 22.1 Å². The summed E-state index contributed by atoms with van der Waals surface area (Å²) in [7, 11) is 0. The second kappa shape index (κ2) is 2.48. The lowest BCUT2D eigenvalue weighted by Crippen LogP contribution is -1.78. The Morgan fingerprint density at radius 1 is 1.56 bits per heavy atom. The minimum Gasteiger partial charge on any atom is -0.206 e. The summed E-state index contributed by atoms with van der Waals surface area (Å²) in [5.41, 5.74) is 0. The molecule has 1 aromatic heterocycles. The lowest BCUT2D eigenvalue weighted by molar-refractivity contribution is 0.631. The Hall–Kier alpha value is -0.370. The van der Waals surface area contributed by atoms with Gasteiger partial charge in [-0.15, -0.1) is 11.3 Å². The highest BCUT2D eigenvalue weighted by Gasteiger charge is 2.01. The van der Waals surface area contributed by atoms with Crippen molar-refractivity contribution >= 4 is 11.3 Å². The van der Waals surface area contributed by atoms with Crippen LogP contribution >= 0.6 is 11.3 Å². The molecule has 1 heterocycles. The van der Waals surface area contributed by atoms with Gasteiger partial charge in [0.05, 0.1) is 0 Å².